The van der Waals surface area contributed by atoms with E-state index in [-0.39, 0.29) is 23.3 Å². The monoisotopic (exact) mass is 647 g/mol. The molecule has 3 aliphatic rings. The molecule has 2 amide bonds. The van der Waals surface area contributed by atoms with Gasteiger partial charge in [0.2, 0.25) is 5.91 Å². The smallest absolute Gasteiger partial charge is 0.256 e. The fraction of sp³-hybridized carbons (Fsp3) is 0.541. The summed E-state index contributed by atoms with van der Waals surface area (Å²) in [6.45, 7) is 12.1. The quantitative estimate of drug-likeness (QED) is 0.234. The standard InChI is InChI=1S/C37H49N3O7/c1-7-14-37(4,47-33-22-29-28(21-32(33)44-6)35(42)40-15-8-9-27(40)23-38-29)24-36(2,3)25-46-30-12-10-26(20-31(30)43-5)11-13-34(41)39-16-18-45-19-17-39/h10-13,20-23,27H,7-9,14-19,24-25H2,1-6H3. The van der Waals surface area contributed by atoms with Gasteiger partial charge >= 0.3 is 0 Å². The van der Waals surface area contributed by atoms with Crippen molar-refractivity contribution in [2.75, 3.05) is 53.7 Å². The average Bonchev–Trinajstić information content (AvgIpc) is 3.49. The van der Waals surface area contributed by atoms with Crippen molar-refractivity contribution in [1.29, 1.82) is 0 Å². The van der Waals surface area contributed by atoms with Crippen LogP contribution < -0.4 is 18.9 Å². The number of amides is 2. The van der Waals surface area contributed by atoms with E-state index in [0.29, 0.717) is 73.6 Å². The molecule has 10 heteroatoms. The van der Waals surface area contributed by atoms with E-state index in [1.165, 1.54) is 0 Å². The molecule has 0 radical (unpaired) electrons. The summed E-state index contributed by atoms with van der Waals surface area (Å²) in [5.41, 5.74) is 1.17. The highest BCUT2D eigenvalue weighted by Gasteiger charge is 2.37. The number of ether oxygens (including phenoxy) is 5. The largest absolute Gasteiger partial charge is 0.493 e. The second-order valence-corrected chi connectivity index (χ2v) is 13.6. The molecule has 0 spiro atoms. The molecular formula is C37H49N3O7. The van der Waals surface area contributed by atoms with Crippen LogP contribution in [0.2, 0.25) is 0 Å². The fourth-order valence-electron chi connectivity index (χ4n) is 6.86. The summed E-state index contributed by atoms with van der Waals surface area (Å²) >= 11 is 0. The Morgan fingerprint density at radius 1 is 1.02 bits per heavy atom. The molecule has 2 aromatic rings. The number of morpholine rings is 1. The number of hydrogen-bond donors (Lipinski definition) is 0. The highest BCUT2D eigenvalue weighted by molar-refractivity contribution is 6.03. The number of hydrogen-bond acceptors (Lipinski definition) is 8. The topological polar surface area (TPSA) is 99.1 Å². The summed E-state index contributed by atoms with van der Waals surface area (Å²) in [4.78, 5) is 34.3. The first-order valence-electron chi connectivity index (χ1n) is 16.7. The predicted octanol–water partition coefficient (Wildman–Crippen LogP) is 6.33. The molecule has 2 atom stereocenters. The lowest BCUT2D eigenvalue weighted by atomic mass is 9.79. The van der Waals surface area contributed by atoms with Crippen molar-refractivity contribution in [1.82, 2.24) is 9.80 Å². The zero-order valence-corrected chi connectivity index (χ0v) is 28.7. The first-order chi connectivity index (χ1) is 22.5. The number of benzene rings is 2. The maximum Gasteiger partial charge on any atom is 0.256 e. The number of aliphatic imine (C=N–C) groups is 1. The van der Waals surface area contributed by atoms with Crippen molar-refractivity contribution >= 4 is 29.8 Å². The highest BCUT2D eigenvalue weighted by atomic mass is 16.5. The number of fused-ring (bicyclic) bond motifs is 2. The van der Waals surface area contributed by atoms with Gasteiger partial charge in [-0.05, 0) is 62.4 Å². The number of carbonyl (C=O) groups is 2. The van der Waals surface area contributed by atoms with Crippen LogP contribution in [-0.2, 0) is 9.53 Å². The van der Waals surface area contributed by atoms with Gasteiger partial charge in [0.25, 0.3) is 5.91 Å². The molecule has 254 valence electrons. The zero-order chi connectivity index (χ0) is 33.6. The number of rotatable bonds is 13. The van der Waals surface area contributed by atoms with Crippen molar-refractivity contribution in [2.24, 2.45) is 10.4 Å². The van der Waals surface area contributed by atoms with Gasteiger partial charge in [0.05, 0.1) is 51.3 Å². The molecule has 0 aromatic heterocycles. The lowest BCUT2D eigenvalue weighted by molar-refractivity contribution is -0.129. The molecule has 0 bridgehead atoms. The Balaban J connectivity index is 1.27. The fourth-order valence-corrected chi connectivity index (χ4v) is 6.86. The van der Waals surface area contributed by atoms with Crippen molar-refractivity contribution in [3.05, 3.63) is 47.5 Å². The van der Waals surface area contributed by atoms with Crippen LogP contribution in [-0.4, -0.2) is 93.1 Å². The van der Waals surface area contributed by atoms with E-state index in [4.69, 9.17) is 28.7 Å². The highest BCUT2D eigenvalue weighted by Crippen LogP contribution is 2.43. The molecule has 0 N–H and O–H groups in total. The second kappa shape index (κ2) is 14.8. The third kappa shape index (κ3) is 8.27. The van der Waals surface area contributed by atoms with Gasteiger partial charge in [-0.15, -0.1) is 0 Å². The van der Waals surface area contributed by atoms with Crippen LogP contribution in [0.4, 0.5) is 5.69 Å². The van der Waals surface area contributed by atoms with Gasteiger partial charge in [0.1, 0.15) is 5.60 Å². The van der Waals surface area contributed by atoms with Crippen LogP contribution in [0.1, 0.15) is 75.7 Å². The maximum absolute atomic E-state index is 13.3. The normalized spacial score (nSPS) is 19.2. The molecule has 2 unspecified atom stereocenters. The van der Waals surface area contributed by atoms with E-state index in [2.05, 4.69) is 27.7 Å². The van der Waals surface area contributed by atoms with Gasteiger partial charge in [0, 0.05) is 43.4 Å². The second-order valence-electron chi connectivity index (χ2n) is 13.6. The van der Waals surface area contributed by atoms with Gasteiger partial charge in [-0.25, -0.2) is 0 Å². The molecule has 2 saturated heterocycles. The first kappa shape index (κ1) is 34.3. The summed E-state index contributed by atoms with van der Waals surface area (Å²) in [5, 5.41) is 0. The molecule has 2 aromatic carbocycles. The minimum Gasteiger partial charge on any atom is -0.493 e. The van der Waals surface area contributed by atoms with Crippen molar-refractivity contribution in [3.63, 3.8) is 0 Å². The Kier molecular flexibility index (Phi) is 10.8. The van der Waals surface area contributed by atoms with E-state index < -0.39 is 5.60 Å². The van der Waals surface area contributed by atoms with E-state index in [0.717, 1.165) is 37.8 Å². The summed E-state index contributed by atoms with van der Waals surface area (Å²) in [5.74, 6) is 2.28. The third-order valence-corrected chi connectivity index (χ3v) is 8.99. The maximum atomic E-state index is 13.3. The Morgan fingerprint density at radius 2 is 1.77 bits per heavy atom. The van der Waals surface area contributed by atoms with Gasteiger partial charge in [-0.1, -0.05) is 33.3 Å². The van der Waals surface area contributed by atoms with Gasteiger partial charge in [-0.3, -0.25) is 14.6 Å². The predicted molar refractivity (Wildman–Crippen MR) is 182 cm³/mol. The summed E-state index contributed by atoms with van der Waals surface area (Å²) in [7, 11) is 3.21. The Morgan fingerprint density at radius 3 is 2.49 bits per heavy atom. The van der Waals surface area contributed by atoms with E-state index >= 15 is 0 Å². The first-order valence-corrected chi connectivity index (χ1v) is 16.7. The number of carbonyl (C=O) groups excluding carboxylic acids is 2. The third-order valence-electron chi connectivity index (χ3n) is 8.99. The molecule has 47 heavy (non-hydrogen) atoms. The van der Waals surface area contributed by atoms with Crippen LogP contribution in [0.15, 0.2) is 41.4 Å². The van der Waals surface area contributed by atoms with Crippen LogP contribution in [0.25, 0.3) is 6.08 Å². The molecule has 0 aliphatic carbocycles. The molecule has 3 aliphatic heterocycles. The Bertz CT molecular complexity index is 1500. The van der Waals surface area contributed by atoms with Gasteiger partial charge in [-0.2, -0.15) is 0 Å². The lowest BCUT2D eigenvalue weighted by Gasteiger charge is -2.38. The van der Waals surface area contributed by atoms with Gasteiger partial charge in [0.15, 0.2) is 23.0 Å². The minimum atomic E-state index is -0.548. The van der Waals surface area contributed by atoms with Gasteiger partial charge < -0.3 is 33.5 Å². The summed E-state index contributed by atoms with van der Waals surface area (Å²) in [6.07, 6.45) is 9.61. The summed E-state index contributed by atoms with van der Waals surface area (Å²) in [6, 6.07) is 9.32. The van der Waals surface area contributed by atoms with E-state index in [9.17, 15) is 9.59 Å². The van der Waals surface area contributed by atoms with Crippen LogP contribution in [0, 0.1) is 5.41 Å². The zero-order valence-electron chi connectivity index (χ0n) is 28.7. The lowest BCUT2D eigenvalue weighted by Crippen LogP contribution is -2.40. The molecule has 3 heterocycles. The van der Waals surface area contributed by atoms with Crippen LogP contribution in [0.5, 0.6) is 23.0 Å². The van der Waals surface area contributed by atoms with Crippen LogP contribution in [0.3, 0.4) is 0 Å². The molecular weight excluding hydrogens is 598 g/mol. The van der Waals surface area contributed by atoms with E-state index in [1.807, 2.05) is 35.4 Å². The Hall–Kier alpha value is -4.05. The average molecular weight is 648 g/mol. The SMILES string of the molecule is CCCC(C)(CC(C)(C)COc1ccc(C=CC(=O)N2CCOCC2)cc1OC)Oc1cc2c(cc1OC)C(=O)N1CCCC1C=N2. The number of methoxy groups -OCH3 is 2. The van der Waals surface area contributed by atoms with Crippen molar-refractivity contribution in [2.45, 2.75) is 71.4 Å². The van der Waals surface area contributed by atoms with E-state index in [1.54, 1.807) is 37.3 Å². The van der Waals surface area contributed by atoms with Crippen molar-refractivity contribution < 1.29 is 33.3 Å². The summed E-state index contributed by atoms with van der Waals surface area (Å²) < 4.78 is 29.9. The van der Waals surface area contributed by atoms with Crippen LogP contribution >= 0.6 is 0 Å². The molecule has 5 rings (SSSR count). The Labute approximate surface area is 278 Å². The minimum absolute atomic E-state index is 0.0135. The number of nitrogens with zero attached hydrogens (tertiary/aromatic N) is 3. The molecule has 10 nitrogen and oxygen atoms in total. The molecule has 0 saturated carbocycles. The molecule has 2 fully saturated rings. The van der Waals surface area contributed by atoms with Crippen molar-refractivity contribution in [3.8, 4) is 23.0 Å².